The van der Waals surface area contributed by atoms with Crippen molar-refractivity contribution in [2.24, 2.45) is 5.92 Å². The Bertz CT molecular complexity index is 548. The van der Waals surface area contributed by atoms with E-state index in [1.807, 2.05) is 25.2 Å². The molecule has 4 nitrogen and oxygen atoms in total. The Balaban J connectivity index is 1.91. The summed E-state index contributed by atoms with van der Waals surface area (Å²) in [6.45, 7) is 1.02. The van der Waals surface area contributed by atoms with Crippen LogP contribution in [0.3, 0.4) is 0 Å². The summed E-state index contributed by atoms with van der Waals surface area (Å²) in [5.41, 5.74) is 0.980. The van der Waals surface area contributed by atoms with Crippen molar-refractivity contribution in [3.63, 3.8) is 0 Å². The quantitative estimate of drug-likeness (QED) is 0.865. The van der Waals surface area contributed by atoms with Crippen molar-refractivity contribution >= 4 is 22.7 Å². The lowest BCUT2D eigenvalue weighted by molar-refractivity contribution is 0.333. The summed E-state index contributed by atoms with van der Waals surface area (Å²) in [5.74, 6) is 2.43. The number of aromatic nitrogens is 2. The Morgan fingerprint density at radius 1 is 1.22 bits per heavy atom. The van der Waals surface area contributed by atoms with Crippen LogP contribution >= 0.6 is 0 Å². The third-order valence-electron chi connectivity index (χ3n) is 3.61. The molecule has 3 rings (SSSR count). The van der Waals surface area contributed by atoms with Gasteiger partial charge in [-0.25, -0.2) is 4.98 Å². The molecule has 0 unspecified atom stereocenters. The van der Waals surface area contributed by atoms with Crippen LogP contribution in [0.15, 0.2) is 24.3 Å². The maximum absolute atomic E-state index is 4.52. The smallest absolute Gasteiger partial charge is 0.224 e. The van der Waals surface area contributed by atoms with Gasteiger partial charge in [-0.3, -0.25) is 0 Å². The highest BCUT2D eigenvalue weighted by Crippen LogP contribution is 2.28. The van der Waals surface area contributed by atoms with Gasteiger partial charge in [0.2, 0.25) is 5.95 Å². The third kappa shape index (κ3) is 2.10. The van der Waals surface area contributed by atoms with E-state index in [2.05, 4.69) is 26.7 Å². The van der Waals surface area contributed by atoms with Crippen LogP contribution in [0.1, 0.15) is 19.3 Å². The first-order valence-electron chi connectivity index (χ1n) is 6.55. The Kier molecular flexibility index (Phi) is 3.00. The lowest BCUT2D eigenvalue weighted by atomic mass is 9.85. The number of benzene rings is 1. The second-order valence-electron chi connectivity index (χ2n) is 4.84. The summed E-state index contributed by atoms with van der Waals surface area (Å²) in [5, 5.41) is 7.58. The highest BCUT2D eigenvalue weighted by Gasteiger charge is 2.17. The van der Waals surface area contributed by atoms with E-state index in [1.54, 1.807) is 0 Å². The second-order valence-corrected chi connectivity index (χ2v) is 4.84. The molecule has 94 valence electrons. The number of hydrogen-bond donors (Lipinski definition) is 2. The summed E-state index contributed by atoms with van der Waals surface area (Å²) in [7, 11) is 1.85. The first-order chi connectivity index (χ1) is 8.86. The second kappa shape index (κ2) is 4.80. The van der Waals surface area contributed by atoms with Crippen LogP contribution in [0.5, 0.6) is 0 Å². The molecule has 0 spiro atoms. The average molecular weight is 242 g/mol. The van der Waals surface area contributed by atoms with Crippen molar-refractivity contribution in [2.45, 2.75) is 19.3 Å². The van der Waals surface area contributed by atoms with Crippen LogP contribution in [-0.2, 0) is 0 Å². The monoisotopic (exact) mass is 242 g/mol. The van der Waals surface area contributed by atoms with E-state index in [4.69, 9.17) is 0 Å². The molecule has 0 radical (unpaired) electrons. The lowest BCUT2D eigenvalue weighted by Gasteiger charge is -2.25. The lowest BCUT2D eigenvalue weighted by Crippen LogP contribution is -2.21. The number of rotatable bonds is 4. The normalized spacial score (nSPS) is 15.4. The van der Waals surface area contributed by atoms with Gasteiger partial charge in [-0.1, -0.05) is 18.6 Å². The van der Waals surface area contributed by atoms with Crippen molar-refractivity contribution in [1.82, 2.24) is 9.97 Å². The molecule has 18 heavy (non-hydrogen) atoms. The van der Waals surface area contributed by atoms with Gasteiger partial charge in [0.15, 0.2) is 0 Å². The molecule has 1 fully saturated rings. The molecule has 1 aliphatic rings. The molecular weight excluding hydrogens is 224 g/mol. The standard InChI is InChI=1S/C14H18N4/c1-15-14-17-12-8-3-2-7-11(12)13(18-14)16-9-10-5-4-6-10/h2-3,7-8,10H,4-6,9H2,1H3,(H2,15,16,17,18). The average Bonchev–Trinajstić information content (AvgIpc) is 2.36. The number of hydrogen-bond acceptors (Lipinski definition) is 4. The molecule has 4 heteroatoms. The van der Waals surface area contributed by atoms with Crippen molar-refractivity contribution in [3.05, 3.63) is 24.3 Å². The Labute approximate surface area is 107 Å². The zero-order chi connectivity index (χ0) is 12.4. The summed E-state index contributed by atoms with van der Waals surface area (Å²) in [6.07, 6.45) is 4.06. The minimum absolute atomic E-state index is 0.671. The first kappa shape index (κ1) is 11.3. The van der Waals surface area contributed by atoms with E-state index in [-0.39, 0.29) is 0 Å². The van der Waals surface area contributed by atoms with Crippen LogP contribution in [0.2, 0.25) is 0 Å². The topological polar surface area (TPSA) is 49.8 Å². The zero-order valence-corrected chi connectivity index (χ0v) is 10.6. The SMILES string of the molecule is CNc1nc(NCC2CCC2)c2ccccc2n1. The van der Waals surface area contributed by atoms with Gasteiger partial charge in [0, 0.05) is 19.0 Å². The van der Waals surface area contributed by atoms with Crippen LogP contribution in [-0.4, -0.2) is 23.6 Å². The van der Waals surface area contributed by atoms with E-state index < -0.39 is 0 Å². The fraction of sp³-hybridized carbons (Fsp3) is 0.429. The Hall–Kier alpha value is -1.84. The van der Waals surface area contributed by atoms with Gasteiger partial charge in [0.05, 0.1) is 5.52 Å². The minimum atomic E-state index is 0.671. The molecule has 0 saturated heterocycles. The number of para-hydroxylation sites is 1. The molecule has 1 aromatic carbocycles. The molecule has 0 aliphatic heterocycles. The number of nitrogens with zero attached hydrogens (tertiary/aromatic N) is 2. The summed E-state index contributed by atoms with van der Waals surface area (Å²) < 4.78 is 0. The number of nitrogens with one attached hydrogen (secondary N) is 2. The van der Waals surface area contributed by atoms with Crippen LogP contribution < -0.4 is 10.6 Å². The molecule has 1 aromatic heterocycles. The number of fused-ring (bicyclic) bond motifs is 1. The van der Waals surface area contributed by atoms with Crippen molar-refractivity contribution in [3.8, 4) is 0 Å². The fourth-order valence-corrected chi connectivity index (χ4v) is 2.26. The van der Waals surface area contributed by atoms with Crippen LogP contribution in [0, 0.1) is 5.92 Å². The van der Waals surface area contributed by atoms with E-state index in [9.17, 15) is 0 Å². The number of anilines is 2. The van der Waals surface area contributed by atoms with E-state index in [1.165, 1.54) is 19.3 Å². The minimum Gasteiger partial charge on any atom is -0.369 e. The third-order valence-corrected chi connectivity index (χ3v) is 3.61. The molecule has 0 amide bonds. The highest BCUT2D eigenvalue weighted by molar-refractivity contribution is 5.89. The Morgan fingerprint density at radius 3 is 2.78 bits per heavy atom. The molecule has 0 bridgehead atoms. The van der Waals surface area contributed by atoms with Gasteiger partial charge >= 0.3 is 0 Å². The summed E-state index contributed by atoms with van der Waals surface area (Å²) >= 11 is 0. The molecule has 1 heterocycles. The fourth-order valence-electron chi connectivity index (χ4n) is 2.26. The van der Waals surface area contributed by atoms with Gasteiger partial charge in [0.1, 0.15) is 5.82 Å². The van der Waals surface area contributed by atoms with E-state index >= 15 is 0 Å². The molecule has 1 aliphatic carbocycles. The van der Waals surface area contributed by atoms with Crippen molar-refractivity contribution in [2.75, 3.05) is 24.2 Å². The van der Waals surface area contributed by atoms with Crippen LogP contribution in [0.25, 0.3) is 10.9 Å². The van der Waals surface area contributed by atoms with E-state index in [0.29, 0.717) is 5.95 Å². The zero-order valence-electron chi connectivity index (χ0n) is 10.6. The Morgan fingerprint density at radius 2 is 2.06 bits per heavy atom. The summed E-state index contributed by atoms with van der Waals surface area (Å²) in [6, 6.07) is 8.12. The van der Waals surface area contributed by atoms with Crippen LogP contribution in [0.4, 0.5) is 11.8 Å². The van der Waals surface area contributed by atoms with Gasteiger partial charge in [-0.05, 0) is 30.9 Å². The molecular formula is C14H18N4. The van der Waals surface area contributed by atoms with Gasteiger partial charge < -0.3 is 10.6 Å². The van der Waals surface area contributed by atoms with Crippen molar-refractivity contribution < 1.29 is 0 Å². The highest BCUT2D eigenvalue weighted by atomic mass is 15.1. The molecule has 2 N–H and O–H groups in total. The van der Waals surface area contributed by atoms with Gasteiger partial charge in [-0.15, -0.1) is 0 Å². The molecule has 1 saturated carbocycles. The largest absolute Gasteiger partial charge is 0.369 e. The summed E-state index contributed by atoms with van der Waals surface area (Å²) in [4.78, 5) is 8.97. The van der Waals surface area contributed by atoms with Gasteiger partial charge in [-0.2, -0.15) is 4.98 Å². The molecule has 0 atom stereocenters. The predicted octanol–water partition coefficient (Wildman–Crippen LogP) is 2.88. The maximum Gasteiger partial charge on any atom is 0.224 e. The van der Waals surface area contributed by atoms with Crippen molar-refractivity contribution in [1.29, 1.82) is 0 Å². The molecule has 2 aromatic rings. The first-order valence-corrected chi connectivity index (χ1v) is 6.55. The maximum atomic E-state index is 4.52. The predicted molar refractivity (Wildman–Crippen MR) is 74.9 cm³/mol. The van der Waals surface area contributed by atoms with Gasteiger partial charge in [0.25, 0.3) is 0 Å². The van der Waals surface area contributed by atoms with E-state index in [0.717, 1.165) is 29.2 Å².